The van der Waals surface area contributed by atoms with E-state index in [1.807, 2.05) is 0 Å². The summed E-state index contributed by atoms with van der Waals surface area (Å²) in [6.07, 6.45) is 3.05. The normalized spacial score (nSPS) is 14.8. The molecule has 1 aromatic carbocycles. The van der Waals surface area contributed by atoms with Gasteiger partial charge in [0.25, 0.3) is 5.91 Å². The number of anilines is 1. The van der Waals surface area contributed by atoms with E-state index < -0.39 is 30.4 Å². The Labute approximate surface area is 206 Å². The van der Waals surface area contributed by atoms with Crippen molar-refractivity contribution in [2.45, 2.75) is 19.1 Å². The molecule has 1 aliphatic heterocycles. The van der Waals surface area contributed by atoms with E-state index in [1.165, 1.54) is 10.9 Å². The lowest BCUT2D eigenvalue weighted by molar-refractivity contribution is -0.143. The van der Waals surface area contributed by atoms with Gasteiger partial charge in [0.2, 0.25) is 5.91 Å². The number of carboxylic acids is 1. The smallest absolute Gasteiger partial charge is 0.328 e. The van der Waals surface area contributed by atoms with E-state index in [9.17, 15) is 19.5 Å². The van der Waals surface area contributed by atoms with Crippen LogP contribution in [0.25, 0.3) is 11.5 Å². The van der Waals surface area contributed by atoms with Crippen LogP contribution in [0.2, 0.25) is 0 Å². The number of aromatic amines is 1. The van der Waals surface area contributed by atoms with E-state index in [4.69, 9.17) is 9.84 Å². The minimum Gasteiger partial charge on any atom is -0.480 e. The molecular formula is C23H27N7O6. The third kappa shape index (κ3) is 6.13. The second kappa shape index (κ2) is 11.6. The zero-order valence-corrected chi connectivity index (χ0v) is 19.4. The summed E-state index contributed by atoms with van der Waals surface area (Å²) >= 11 is 0. The predicted octanol–water partition coefficient (Wildman–Crippen LogP) is -0.0806. The molecule has 13 nitrogen and oxygen atoms in total. The fourth-order valence-electron chi connectivity index (χ4n) is 3.72. The van der Waals surface area contributed by atoms with E-state index in [-0.39, 0.29) is 12.4 Å². The van der Waals surface area contributed by atoms with Crippen molar-refractivity contribution in [2.24, 2.45) is 0 Å². The van der Waals surface area contributed by atoms with Crippen molar-refractivity contribution in [3.8, 4) is 11.5 Å². The number of aliphatic hydroxyl groups excluding tert-OH is 1. The van der Waals surface area contributed by atoms with Gasteiger partial charge in [-0.15, -0.1) is 0 Å². The fourth-order valence-corrected chi connectivity index (χ4v) is 3.72. The van der Waals surface area contributed by atoms with Crippen molar-refractivity contribution < 1.29 is 29.3 Å². The molecule has 0 aliphatic carbocycles. The highest BCUT2D eigenvalue weighted by Crippen LogP contribution is 2.25. The van der Waals surface area contributed by atoms with Gasteiger partial charge < -0.3 is 35.1 Å². The highest BCUT2D eigenvalue weighted by Gasteiger charge is 2.23. The first-order valence-corrected chi connectivity index (χ1v) is 11.3. The molecule has 0 unspecified atom stereocenters. The Bertz CT molecular complexity index is 1200. The average molecular weight is 498 g/mol. The molecule has 0 saturated carbocycles. The van der Waals surface area contributed by atoms with Crippen LogP contribution in [0.3, 0.4) is 0 Å². The van der Waals surface area contributed by atoms with Crippen LogP contribution in [0, 0.1) is 0 Å². The average Bonchev–Trinajstić information content (AvgIpc) is 3.50. The Kier molecular flexibility index (Phi) is 8.05. The van der Waals surface area contributed by atoms with Crippen LogP contribution in [0.4, 0.5) is 5.82 Å². The number of carbonyl (C=O) groups is 3. The number of nitrogens with zero attached hydrogens (tertiary/aromatic N) is 4. The summed E-state index contributed by atoms with van der Waals surface area (Å²) in [6.45, 7) is 2.49. The molecular weight excluding hydrogens is 470 g/mol. The summed E-state index contributed by atoms with van der Waals surface area (Å²) < 4.78 is 6.76. The van der Waals surface area contributed by atoms with Gasteiger partial charge >= 0.3 is 5.97 Å². The number of morpholine rings is 1. The number of aromatic nitrogens is 4. The van der Waals surface area contributed by atoms with E-state index >= 15 is 0 Å². The topological polar surface area (TPSA) is 175 Å². The Morgan fingerprint density at radius 1 is 1.14 bits per heavy atom. The monoisotopic (exact) mass is 497 g/mol. The molecule has 4 rings (SSSR count). The summed E-state index contributed by atoms with van der Waals surface area (Å²) in [7, 11) is 0. The van der Waals surface area contributed by atoms with Crippen molar-refractivity contribution in [2.75, 3.05) is 38.2 Å². The minimum absolute atomic E-state index is 0.210. The summed E-state index contributed by atoms with van der Waals surface area (Å²) in [5.41, 5.74) is 1.57. The number of carboxylic acid groups (broad SMARTS) is 1. The molecule has 0 bridgehead atoms. The number of benzene rings is 1. The van der Waals surface area contributed by atoms with Gasteiger partial charge in [0.1, 0.15) is 24.1 Å². The van der Waals surface area contributed by atoms with Crippen LogP contribution in [-0.4, -0.2) is 91.4 Å². The van der Waals surface area contributed by atoms with Crippen LogP contribution in [0.5, 0.6) is 0 Å². The molecule has 1 atom stereocenters. The Morgan fingerprint density at radius 3 is 2.58 bits per heavy atom. The number of aliphatic carboxylic acids is 1. The molecule has 1 aliphatic rings. The molecule has 3 aromatic rings. The first-order valence-electron chi connectivity index (χ1n) is 11.3. The van der Waals surface area contributed by atoms with E-state index in [2.05, 4.69) is 30.5 Å². The molecule has 3 heterocycles. The van der Waals surface area contributed by atoms with Crippen LogP contribution in [0.1, 0.15) is 16.1 Å². The number of hydrogen-bond donors (Lipinski definition) is 5. The van der Waals surface area contributed by atoms with E-state index in [0.717, 1.165) is 18.8 Å². The number of aliphatic hydroxyl groups is 1. The van der Waals surface area contributed by atoms with Gasteiger partial charge in [0.05, 0.1) is 32.3 Å². The maximum absolute atomic E-state index is 12.9. The largest absolute Gasteiger partial charge is 0.480 e. The molecule has 0 radical (unpaired) electrons. The number of nitrogens with one attached hydrogen (secondary N) is 3. The van der Waals surface area contributed by atoms with Gasteiger partial charge in [-0.3, -0.25) is 14.5 Å². The van der Waals surface area contributed by atoms with Gasteiger partial charge in [-0.2, -0.15) is 0 Å². The zero-order chi connectivity index (χ0) is 25.5. The van der Waals surface area contributed by atoms with Gasteiger partial charge in [0, 0.05) is 30.9 Å². The minimum atomic E-state index is -1.45. The van der Waals surface area contributed by atoms with E-state index in [1.54, 1.807) is 36.5 Å². The van der Waals surface area contributed by atoms with E-state index in [0.29, 0.717) is 36.8 Å². The third-order valence-electron chi connectivity index (χ3n) is 5.59. The lowest BCUT2D eigenvalue weighted by atomic mass is 10.2. The molecule has 13 heteroatoms. The molecule has 1 saturated heterocycles. The van der Waals surface area contributed by atoms with Crippen LogP contribution < -0.4 is 10.6 Å². The maximum atomic E-state index is 12.9. The molecule has 0 spiro atoms. The molecule has 36 heavy (non-hydrogen) atoms. The van der Waals surface area contributed by atoms with Crippen LogP contribution >= 0.6 is 0 Å². The number of hydrogen-bond acceptors (Lipinski definition) is 8. The summed E-state index contributed by atoms with van der Waals surface area (Å²) in [5, 5.41) is 23.3. The first-order chi connectivity index (χ1) is 17.4. The van der Waals surface area contributed by atoms with Crippen molar-refractivity contribution in [1.29, 1.82) is 0 Å². The molecule has 2 amide bonds. The third-order valence-corrected chi connectivity index (χ3v) is 5.59. The number of H-pyrrole nitrogens is 1. The number of rotatable bonds is 10. The molecule has 5 N–H and O–H groups in total. The lowest BCUT2D eigenvalue weighted by Crippen LogP contribution is -2.44. The number of carbonyl (C=O) groups excluding carboxylic acids is 2. The van der Waals surface area contributed by atoms with Crippen molar-refractivity contribution in [3.63, 3.8) is 0 Å². The van der Waals surface area contributed by atoms with Crippen LogP contribution in [0.15, 0.2) is 42.9 Å². The second-order valence-corrected chi connectivity index (χ2v) is 8.18. The number of amides is 2. The Morgan fingerprint density at radius 2 is 1.89 bits per heavy atom. The zero-order valence-electron chi connectivity index (χ0n) is 19.4. The van der Waals surface area contributed by atoms with Crippen molar-refractivity contribution in [3.05, 3.63) is 54.1 Å². The molecule has 2 aromatic heterocycles. The lowest BCUT2D eigenvalue weighted by Gasteiger charge is -2.25. The SMILES string of the molecule is O=C(Cn1cnc(-c2ncc(CN3CCOCC3)[nH]2)c1NC(=O)c1ccccc1)N[C@@H](CO)C(=O)O. The second-order valence-electron chi connectivity index (χ2n) is 8.18. The Hall–Kier alpha value is -4.07. The van der Waals surface area contributed by atoms with Crippen molar-refractivity contribution in [1.82, 2.24) is 29.7 Å². The quantitative estimate of drug-likeness (QED) is 0.257. The first kappa shape index (κ1) is 25.0. The Balaban J connectivity index is 1.58. The van der Waals surface area contributed by atoms with Crippen molar-refractivity contribution >= 4 is 23.6 Å². The highest BCUT2D eigenvalue weighted by atomic mass is 16.5. The summed E-state index contributed by atoms with van der Waals surface area (Å²) in [5.74, 6) is -1.85. The predicted molar refractivity (Wildman–Crippen MR) is 127 cm³/mol. The van der Waals surface area contributed by atoms with Gasteiger partial charge in [-0.1, -0.05) is 18.2 Å². The van der Waals surface area contributed by atoms with Gasteiger partial charge in [-0.05, 0) is 12.1 Å². The van der Waals surface area contributed by atoms with Gasteiger partial charge in [-0.25, -0.2) is 14.8 Å². The highest BCUT2D eigenvalue weighted by molar-refractivity contribution is 6.05. The standard InChI is InChI=1S/C23H27N7O6/c31-13-17(23(34)35)27-18(32)12-30-14-25-19(21(30)28-22(33)15-4-2-1-3-5-15)20-24-10-16(26-20)11-29-6-8-36-9-7-29/h1-5,10,14,17,31H,6-9,11-13H2,(H,24,26)(H,27,32)(H,28,33)(H,34,35)/t17-/m0/s1. The summed E-state index contributed by atoms with van der Waals surface area (Å²) in [6, 6.07) is 7.09. The molecule has 1 fully saturated rings. The number of imidazole rings is 2. The van der Waals surface area contributed by atoms with Gasteiger partial charge in [0.15, 0.2) is 5.82 Å². The number of ether oxygens (including phenoxy) is 1. The summed E-state index contributed by atoms with van der Waals surface area (Å²) in [4.78, 5) is 50.7. The molecule has 190 valence electrons. The van der Waals surface area contributed by atoms with Crippen LogP contribution in [-0.2, 0) is 27.4 Å². The fraction of sp³-hybridized carbons (Fsp3) is 0.348. The maximum Gasteiger partial charge on any atom is 0.328 e.